The van der Waals surface area contributed by atoms with Crippen LogP contribution in [0.5, 0.6) is 0 Å². The van der Waals surface area contributed by atoms with Gasteiger partial charge in [0.25, 0.3) is 5.91 Å². The van der Waals surface area contributed by atoms with Crippen LogP contribution in [0.25, 0.3) is 10.2 Å². The standard InChI is InChI=1S/C24H23ClN4OS/c1-3-28(4-2)20-10-7-18(8-11-20)23(30)29(16-17-6-5-13-26-15-17)24-27-21-12-9-19(25)14-22(21)31-24/h5-15H,3-4,16H2,1-2H3. The van der Waals surface area contributed by atoms with E-state index in [9.17, 15) is 4.79 Å². The summed E-state index contributed by atoms with van der Waals surface area (Å²) in [4.78, 5) is 26.4. The molecule has 0 bridgehead atoms. The minimum Gasteiger partial charge on any atom is -0.372 e. The molecule has 2 heterocycles. The molecule has 158 valence electrons. The summed E-state index contributed by atoms with van der Waals surface area (Å²) in [7, 11) is 0. The van der Waals surface area contributed by atoms with E-state index < -0.39 is 0 Å². The van der Waals surface area contributed by atoms with E-state index in [1.807, 2.05) is 54.6 Å². The zero-order valence-corrected chi connectivity index (χ0v) is 19.0. The Balaban J connectivity index is 1.70. The largest absolute Gasteiger partial charge is 0.372 e. The van der Waals surface area contributed by atoms with E-state index in [0.29, 0.717) is 22.3 Å². The van der Waals surface area contributed by atoms with E-state index in [-0.39, 0.29) is 5.91 Å². The molecule has 0 spiro atoms. The van der Waals surface area contributed by atoms with Crippen LogP contribution in [0.4, 0.5) is 10.8 Å². The van der Waals surface area contributed by atoms with Gasteiger partial charge in [-0.1, -0.05) is 29.0 Å². The summed E-state index contributed by atoms with van der Waals surface area (Å²) in [6.07, 6.45) is 3.50. The third-order valence-electron chi connectivity index (χ3n) is 5.12. The molecule has 2 aromatic carbocycles. The minimum atomic E-state index is -0.0971. The number of thiazole rings is 1. The average Bonchev–Trinajstić information content (AvgIpc) is 3.22. The van der Waals surface area contributed by atoms with E-state index in [0.717, 1.165) is 34.6 Å². The van der Waals surface area contributed by atoms with Crippen LogP contribution in [0.2, 0.25) is 5.02 Å². The first-order chi connectivity index (χ1) is 15.1. The highest BCUT2D eigenvalue weighted by Crippen LogP contribution is 2.32. The van der Waals surface area contributed by atoms with Crippen LogP contribution in [-0.2, 0) is 6.54 Å². The first-order valence-corrected chi connectivity index (χ1v) is 11.4. The Bertz CT molecular complexity index is 1170. The average molecular weight is 451 g/mol. The summed E-state index contributed by atoms with van der Waals surface area (Å²) in [5, 5.41) is 1.29. The molecular weight excluding hydrogens is 428 g/mol. The molecule has 0 aliphatic heterocycles. The summed E-state index contributed by atoms with van der Waals surface area (Å²) in [5.41, 5.74) is 3.49. The minimum absolute atomic E-state index is 0.0971. The van der Waals surface area contributed by atoms with E-state index in [2.05, 4.69) is 23.7 Å². The Hall–Kier alpha value is -2.96. The van der Waals surface area contributed by atoms with Gasteiger partial charge >= 0.3 is 0 Å². The fourth-order valence-corrected chi connectivity index (χ4v) is 4.70. The SMILES string of the molecule is CCN(CC)c1ccc(C(=O)N(Cc2cccnc2)c2nc3ccc(Cl)cc3s2)cc1. The maximum Gasteiger partial charge on any atom is 0.260 e. The summed E-state index contributed by atoms with van der Waals surface area (Å²) < 4.78 is 0.948. The van der Waals surface area contributed by atoms with Gasteiger partial charge in [0.2, 0.25) is 0 Å². The van der Waals surface area contributed by atoms with Crippen LogP contribution in [0.3, 0.4) is 0 Å². The van der Waals surface area contributed by atoms with Crippen molar-refractivity contribution >= 4 is 49.9 Å². The van der Waals surface area contributed by atoms with Crippen LogP contribution in [0.1, 0.15) is 29.8 Å². The Labute approximate surface area is 190 Å². The lowest BCUT2D eigenvalue weighted by Crippen LogP contribution is -2.30. The summed E-state index contributed by atoms with van der Waals surface area (Å²) in [6.45, 7) is 6.48. The number of hydrogen-bond donors (Lipinski definition) is 0. The predicted molar refractivity (Wildman–Crippen MR) is 129 cm³/mol. The highest BCUT2D eigenvalue weighted by atomic mass is 35.5. The zero-order chi connectivity index (χ0) is 21.8. The van der Waals surface area contributed by atoms with Gasteiger partial charge in [0, 0.05) is 41.8 Å². The van der Waals surface area contributed by atoms with Gasteiger partial charge in [-0.3, -0.25) is 14.7 Å². The van der Waals surface area contributed by atoms with Gasteiger partial charge in [-0.25, -0.2) is 4.98 Å². The molecular formula is C24H23ClN4OS. The molecule has 2 aromatic heterocycles. The molecule has 0 fully saturated rings. The number of rotatable bonds is 7. The number of aromatic nitrogens is 2. The Morgan fingerprint density at radius 3 is 2.52 bits per heavy atom. The number of amides is 1. The molecule has 0 saturated carbocycles. The van der Waals surface area contributed by atoms with Crippen molar-refractivity contribution in [2.24, 2.45) is 0 Å². The number of carbonyl (C=O) groups excluding carboxylic acids is 1. The summed E-state index contributed by atoms with van der Waals surface area (Å²) >= 11 is 7.60. The summed E-state index contributed by atoms with van der Waals surface area (Å²) in [6, 6.07) is 17.2. The highest BCUT2D eigenvalue weighted by molar-refractivity contribution is 7.22. The van der Waals surface area contributed by atoms with Crippen LogP contribution in [0, 0.1) is 0 Å². The van der Waals surface area contributed by atoms with Crippen LogP contribution in [-0.4, -0.2) is 29.0 Å². The first-order valence-electron chi connectivity index (χ1n) is 10.2. The fraction of sp³-hybridized carbons (Fsp3) is 0.208. The van der Waals surface area contributed by atoms with Gasteiger partial charge in [-0.15, -0.1) is 0 Å². The molecule has 0 aliphatic rings. The predicted octanol–water partition coefficient (Wildman–Crippen LogP) is 6.04. The number of carbonyl (C=O) groups is 1. The molecule has 0 unspecified atom stereocenters. The molecule has 7 heteroatoms. The molecule has 31 heavy (non-hydrogen) atoms. The van der Waals surface area contributed by atoms with E-state index in [4.69, 9.17) is 16.6 Å². The number of halogens is 1. The van der Waals surface area contributed by atoms with Crippen molar-refractivity contribution in [1.29, 1.82) is 0 Å². The third-order valence-corrected chi connectivity index (χ3v) is 6.40. The second-order valence-electron chi connectivity index (χ2n) is 7.08. The number of fused-ring (bicyclic) bond motifs is 1. The second kappa shape index (κ2) is 9.45. The molecule has 0 radical (unpaired) electrons. The number of benzene rings is 2. The van der Waals surface area contributed by atoms with Gasteiger partial charge in [-0.05, 0) is 67.9 Å². The maximum absolute atomic E-state index is 13.5. The van der Waals surface area contributed by atoms with Crippen LogP contribution in [0.15, 0.2) is 67.0 Å². The Kier molecular flexibility index (Phi) is 6.49. The van der Waals surface area contributed by atoms with Crippen LogP contribution < -0.4 is 9.80 Å². The Morgan fingerprint density at radius 2 is 1.84 bits per heavy atom. The van der Waals surface area contributed by atoms with E-state index in [1.165, 1.54) is 11.3 Å². The molecule has 0 aliphatic carbocycles. The molecule has 5 nitrogen and oxygen atoms in total. The molecule has 4 rings (SSSR count). The second-order valence-corrected chi connectivity index (χ2v) is 8.53. The lowest BCUT2D eigenvalue weighted by Gasteiger charge is -2.22. The van der Waals surface area contributed by atoms with Crippen molar-refractivity contribution in [1.82, 2.24) is 9.97 Å². The van der Waals surface area contributed by atoms with E-state index >= 15 is 0 Å². The fourth-order valence-electron chi connectivity index (χ4n) is 3.46. The van der Waals surface area contributed by atoms with E-state index in [1.54, 1.807) is 17.3 Å². The molecule has 0 N–H and O–H groups in total. The normalized spacial score (nSPS) is 10.9. The number of hydrogen-bond acceptors (Lipinski definition) is 5. The van der Waals surface area contributed by atoms with Crippen molar-refractivity contribution in [2.45, 2.75) is 20.4 Å². The number of anilines is 2. The maximum atomic E-state index is 13.5. The zero-order valence-electron chi connectivity index (χ0n) is 17.5. The third kappa shape index (κ3) is 4.70. The monoisotopic (exact) mass is 450 g/mol. The molecule has 0 saturated heterocycles. The van der Waals surface area contributed by atoms with Crippen LogP contribution >= 0.6 is 22.9 Å². The highest BCUT2D eigenvalue weighted by Gasteiger charge is 2.22. The quantitative estimate of drug-likeness (QED) is 0.344. The van der Waals surface area contributed by atoms with Gasteiger partial charge < -0.3 is 4.90 Å². The van der Waals surface area contributed by atoms with Gasteiger partial charge in [0.05, 0.1) is 16.8 Å². The Morgan fingerprint density at radius 1 is 1.06 bits per heavy atom. The topological polar surface area (TPSA) is 49.3 Å². The van der Waals surface area contributed by atoms with Crippen molar-refractivity contribution in [3.05, 3.63) is 83.1 Å². The molecule has 0 atom stereocenters. The molecule has 4 aromatic rings. The van der Waals surface area contributed by atoms with Gasteiger partial charge in [0.1, 0.15) is 0 Å². The van der Waals surface area contributed by atoms with Crippen molar-refractivity contribution in [3.63, 3.8) is 0 Å². The van der Waals surface area contributed by atoms with Crippen molar-refractivity contribution in [3.8, 4) is 0 Å². The van der Waals surface area contributed by atoms with Crippen molar-refractivity contribution < 1.29 is 4.79 Å². The number of nitrogens with zero attached hydrogens (tertiary/aromatic N) is 4. The lowest BCUT2D eigenvalue weighted by molar-refractivity contribution is 0.0985. The molecule has 1 amide bonds. The lowest BCUT2D eigenvalue weighted by atomic mass is 10.1. The smallest absolute Gasteiger partial charge is 0.260 e. The first kappa shape index (κ1) is 21.3. The number of pyridine rings is 1. The summed E-state index contributed by atoms with van der Waals surface area (Å²) in [5.74, 6) is -0.0971. The van der Waals surface area contributed by atoms with Gasteiger partial charge in [0.15, 0.2) is 5.13 Å². The van der Waals surface area contributed by atoms with Crippen molar-refractivity contribution in [2.75, 3.05) is 22.9 Å². The van der Waals surface area contributed by atoms with Gasteiger partial charge in [-0.2, -0.15) is 0 Å².